The SMILES string of the molecule is CCNC(=NCc1cc(-c2ccc(OC)cc2)cs1)NC(C)CCS(C)(=O)=O.I. The van der Waals surface area contributed by atoms with Crippen molar-refractivity contribution in [2.45, 2.75) is 32.9 Å². The van der Waals surface area contributed by atoms with Crippen LogP contribution in [0.4, 0.5) is 0 Å². The van der Waals surface area contributed by atoms with Crippen molar-refractivity contribution in [1.29, 1.82) is 0 Å². The number of halogens is 1. The number of guanidine groups is 1. The Hall–Kier alpha value is -1.33. The molecular formula is C20H30IN3O3S2. The Morgan fingerprint density at radius 2 is 1.93 bits per heavy atom. The Bertz CT molecular complexity index is 881. The van der Waals surface area contributed by atoms with Gasteiger partial charge in [0.1, 0.15) is 15.6 Å². The van der Waals surface area contributed by atoms with Gasteiger partial charge in [-0.15, -0.1) is 35.3 Å². The molecule has 2 aromatic rings. The molecule has 0 radical (unpaired) electrons. The van der Waals surface area contributed by atoms with E-state index in [2.05, 4.69) is 27.1 Å². The first kappa shape index (κ1) is 25.7. The van der Waals surface area contributed by atoms with Crippen molar-refractivity contribution >= 4 is 51.1 Å². The molecule has 0 aliphatic rings. The number of thiophene rings is 1. The molecule has 1 unspecified atom stereocenters. The highest BCUT2D eigenvalue weighted by Gasteiger charge is 2.10. The number of sulfone groups is 1. The molecule has 0 spiro atoms. The van der Waals surface area contributed by atoms with E-state index in [1.54, 1.807) is 18.4 Å². The maximum Gasteiger partial charge on any atom is 0.191 e. The van der Waals surface area contributed by atoms with Crippen molar-refractivity contribution in [3.05, 3.63) is 40.6 Å². The molecule has 0 aliphatic heterocycles. The lowest BCUT2D eigenvalue weighted by Gasteiger charge is -2.17. The van der Waals surface area contributed by atoms with Gasteiger partial charge in [0.05, 0.1) is 19.4 Å². The van der Waals surface area contributed by atoms with Gasteiger partial charge >= 0.3 is 0 Å². The van der Waals surface area contributed by atoms with Crippen molar-refractivity contribution in [2.24, 2.45) is 4.99 Å². The van der Waals surface area contributed by atoms with Gasteiger partial charge in [-0.25, -0.2) is 13.4 Å². The lowest BCUT2D eigenvalue weighted by atomic mass is 10.1. The lowest BCUT2D eigenvalue weighted by molar-refractivity contribution is 0.415. The summed E-state index contributed by atoms with van der Waals surface area (Å²) >= 11 is 1.67. The number of hydrogen-bond donors (Lipinski definition) is 2. The second-order valence-electron chi connectivity index (χ2n) is 6.69. The molecule has 2 N–H and O–H groups in total. The first-order chi connectivity index (χ1) is 13.3. The maximum absolute atomic E-state index is 11.3. The Kier molecular flexibility index (Phi) is 11.0. The van der Waals surface area contributed by atoms with Gasteiger partial charge in [-0.1, -0.05) is 12.1 Å². The van der Waals surface area contributed by atoms with Gasteiger partial charge in [0, 0.05) is 23.7 Å². The summed E-state index contributed by atoms with van der Waals surface area (Å²) in [5, 5.41) is 8.62. The van der Waals surface area contributed by atoms with Gasteiger partial charge < -0.3 is 15.4 Å². The van der Waals surface area contributed by atoms with Crippen molar-refractivity contribution in [1.82, 2.24) is 10.6 Å². The average Bonchev–Trinajstić information content (AvgIpc) is 3.13. The number of benzene rings is 1. The first-order valence-corrected chi connectivity index (χ1v) is 12.2. The summed E-state index contributed by atoms with van der Waals surface area (Å²) < 4.78 is 27.9. The van der Waals surface area contributed by atoms with Gasteiger partial charge in [-0.05, 0) is 55.0 Å². The van der Waals surface area contributed by atoms with Gasteiger partial charge in [-0.3, -0.25) is 0 Å². The zero-order valence-electron chi connectivity index (χ0n) is 17.3. The van der Waals surface area contributed by atoms with Crippen LogP contribution in [0.2, 0.25) is 0 Å². The molecule has 0 amide bonds. The van der Waals surface area contributed by atoms with Crippen molar-refractivity contribution in [2.75, 3.05) is 25.7 Å². The molecule has 1 aromatic carbocycles. The molecule has 0 fully saturated rings. The fourth-order valence-electron chi connectivity index (χ4n) is 2.57. The minimum Gasteiger partial charge on any atom is -0.497 e. The molecule has 162 valence electrons. The fourth-order valence-corrected chi connectivity index (χ4v) is 4.17. The van der Waals surface area contributed by atoms with Crippen LogP contribution >= 0.6 is 35.3 Å². The molecule has 9 heteroatoms. The largest absolute Gasteiger partial charge is 0.497 e. The third-order valence-electron chi connectivity index (χ3n) is 4.12. The van der Waals surface area contributed by atoms with E-state index < -0.39 is 9.84 Å². The van der Waals surface area contributed by atoms with E-state index >= 15 is 0 Å². The van der Waals surface area contributed by atoms with E-state index in [0.717, 1.165) is 28.3 Å². The van der Waals surface area contributed by atoms with Crippen LogP contribution < -0.4 is 15.4 Å². The zero-order chi connectivity index (χ0) is 20.6. The van der Waals surface area contributed by atoms with Crippen LogP contribution in [0, 0.1) is 0 Å². The number of nitrogens with one attached hydrogen (secondary N) is 2. The summed E-state index contributed by atoms with van der Waals surface area (Å²) in [6, 6.07) is 10.2. The van der Waals surface area contributed by atoms with Crippen LogP contribution in [0.15, 0.2) is 40.7 Å². The van der Waals surface area contributed by atoms with Gasteiger partial charge in [-0.2, -0.15) is 0 Å². The molecule has 0 aliphatic carbocycles. The quantitative estimate of drug-likeness (QED) is 0.281. The van der Waals surface area contributed by atoms with Gasteiger partial charge in [0.25, 0.3) is 0 Å². The lowest BCUT2D eigenvalue weighted by Crippen LogP contribution is -2.42. The monoisotopic (exact) mass is 551 g/mol. The number of hydrogen-bond acceptors (Lipinski definition) is 5. The summed E-state index contributed by atoms with van der Waals surface area (Å²) in [6.45, 7) is 5.28. The highest BCUT2D eigenvalue weighted by Crippen LogP contribution is 2.27. The fraction of sp³-hybridized carbons (Fsp3) is 0.450. The van der Waals surface area contributed by atoms with E-state index in [9.17, 15) is 8.42 Å². The second-order valence-corrected chi connectivity index (χ2v) is 9.94. The molecule has 0 saturated carbocycles. The number of nitrogens with zero attached hydrogens (tertiary/aromatic N) is 1. The smallest absolute Gasteiger partial charge is 0.191 e. The minimum absolute atomic E-state index is 0. The predicted molar refractivity (Wildman–Crippen MR) is 133 cm³/mol. The van der Waals surface area contributed by atoms with E-state index in [0.29, 0.717) is 18.9 Å². The third-order valence-corrected chi connectivity index (χ3v) is 6.02. The molecular weight excluding hydrogens is 521 g/mol. The van der Waals surface area contributed by atoms with Gasteiger partial charge in [0.15, 0.2) is 5.96 Å². The number of aliphatic imine (C=N–C) groups is 1. The maximum atomic E-state index is 11.3. The molecule has 0 bridgehead atoms. The standard InChI is InChI=1S/C20H29N3O3S2.HI/c1-5-21-20(23-15(2)10-11-28(4,24)25)22-13-19-12-17(14-27-19)16-6-8-18(26-3)9-7-16;/h6-9,12,14-15H,5,10-11,13H2,1-4H3,(H2,21,22,23);1H. The molecule has 6 nitrogen and oxygen atoms in total. The van der Waals surface area contributed by atoms with E-state index in [1.165, 1.54) is 6.26 Å². The summed E-state index contributed by atoms with van der Waals surface area (Å²) in [6.07, 6.45) is 1.81. The van der Waals surface area contributed by atoms with E-state index in [-0.39, 0.29) is 35.8 Å². The zero-order valence-corrected chi connectivity index (χ0v) is 21.2. The predicted octanol–water partition coefficient (Wildman–Crippen LogP) is 3.92. The molecule has 0 saturated heterocycles. The van der Waals surface area contributed by atoms with Crippen LogP contribution in [-0.2, 0) is 16.4 Å². The third kappa shape index (κ3) is 9.35. The number of ether oxygens (including phenoxy) is 1. The van der Waals surface area contributed by atoms with Crippen LogP contribution in [0.25, 0.3) is 11.1 Å². The molecule has 1 atom stereocenters. The second kappa shape index (κ2) is 12.4. The Morgan fingerprint density at radius 3 is 2.52 bits per heavy atom. The van der Waals surface area contributed by atoms with Crippen molar-refractivity contribution in [3.63, 3.8) is 0 Å². The Labute approximate surface area is 195 Å². The summed E-state index contributed by atoms with van der Waals surface area (Å²) in [5.74, 6) is 1.70. The van der Waals surface area contributed by atoms with Crippen LogP contribution in [0.5, 0.6) is 5.75 Å². The van der Waals surface area contributed by atoms with Crippen LogP contribution in [-0.4, -0.2) is 46.1 Å². The highest BCUT2D eigenvalue weighted by molar-refractivity contribution is 14.0. The molecule has 29 heavy (non-hydrogen) atoms. The highest BCUT2D eigenvalue weighted by atomic mass is 127. The Morgan fingerprint density at radius 1 is 1.24 bits per heavy atom. The topological polar surface area (TPSA) is 79.8 Å². The summed E-state index contributed by atoms with van der Waals surface area (Å²) in [5.41, 5.74) is 2.31. The summed E-state index contributed by atoms with van der Waals surface area (Å²) in [7, 11) is -1.30. The molecule has 1 heterocycles. The summed E-state index contributed by atoms with van der Waals surface area (Å²) in [4.78, 5) is 5.80. The van der Waals surface area contributed by atoms with E-state index in [4.69, 9.17) is 4.74 Å². The first-order valence-electron chi connectivity index (χ1n) is 9.25. The van der Waals surface area contributed by atoms with Crippen molar-refractivity contribution < 1.29 is 13.2 Å². The normalized spacial score (nSPS) is 12.8. The van der Waals surface area contributed by atoms with E-state index in [1.807, 2.05) is 38.1 Å². The number of rotatable bonds is 9. The average molecular weight is 552 g/mol. The number of methoxy groups -OCH3 is 1. The Balaban J connectivity index is 0.00000420. The van der Waals surface area contributed by atoms with Crippen LogP contribution in [0.1, 0.15) is 25.1 Å². The van der Waals surface area contributed by atoms with Crippen molar-refractivity contribution in [3.8, 4) is 16.9 Å². The molecule has 1 aromatic heterocycles. The minimum atomic E-state index is -2.96. The van der Waals surface area contributed by atoms with Crippen LogP contribution in [0.3, 0.4) is 0 Å². The van der Waals surface area contributed by atoms with Gasteiger partial charge in [0.2, 0.25) is 0 Å². The molecule has 2 rings (SSSR count).